The molecule has 6 nitrogen and oxygen atoms in total. The summed E-state index contributed by atoms with van der Waals surface area (Å²) in [6.45, 7) is 4.12. The number of nitrogens with zero attached hydrogens (tertiary/aromatic N) is 2. The average molecular weight is 428 g/mol. The van der Waals surface area contributed by atoms with Crippen molar-refractivity contribution in [2.24, 2.45) is 4.99 Å². The van der Waals surface area contributed by atoms with Crippen LogP contribution < -0.4 is 10.1 Å². The Kier molecular flexibility index (Phi) is 7.38. The van der Waals surface area contributed by atoms with Gasteiger partial charge in [0, 0.05) is 33.3 Å². The summed E-state index contributed by atoms with van der Waals surface area (Å²) in [7, 11) is 1.81. The molecule has 4 rings (SSSR count). The molecule has 31 heavy (non-hydrogen) atoms. The molecule has 2 aromatic carbocycles. The molecular formula is C24H30FN3O3. The van der Waals surface area contributed by atoms with E-state index in [0.717, 1.165) is 55.4 Å². The van der Waals surface area contributed by atoms with Gasteiger partial charge in [0.15, 0.2) is 5.96 Å². The van der Waals surface area contributed by atoms with Crippen molar-refractivity contribution < 1.29 is 18.6 Å². The maximum Gasteiger partial charge on any atom is 0.194 e. The highest BCUT2D eigenvalue weighted by molar-refractivity contribution is 5.80. The number of guanidine groups is 1. The highest BCUT2D eigenvalue weighted by Gasteiger charge is 2.32. The van der Waals surface area contributed by atoms with Gasteiger partial charge in [-0.25, -0.2) is 4.39 Å². The van der Waals surface area contributed by atoms with Crippen LogP contribution in [0, 0.1) is 5.82 Å². The van der Waals surface area contributed by atoms with Gasteiger partial charge in [-0.05, 0) is 48.2 Å². The van der Waals surface area contributed by atoms with Crippen molar-refractivity contribution in [2.45, 2.75) is 38.2 Å². The molecule has 0 amide bonds. The highest BCUT2D eigenvalue weighted by atomic mass is 19.1. The maximum atomic E-state index is 13.3. The van der Waals surface area contributed by atoms with E-state index < -0.39 is 0 Å². The van der Waals surface area contributed by atoms with Crippen molar-refractivity contribution in [3.63, 3.8) is 0 Å². The summed E-state index contributed by atoms with van der Waals surface area (Å²) in [6, 6.07) is 14.4. The lowest BCUT2D eigenvalue weighted by molar-refractivity contribution is -0.0817. The van der Waals surface area contributed by atoms with Gasteiger partial charge in [-0.3, -0.25) is 4.99 Å². The Morgan fingerprint density at radius 1 is 1.13 bits per heavy atom. The summed E-state index contributed by atoms with van der Waals surface area (Å²) < 4.78 is 30.8. The van der Waals surface area contributed by atoms with Crippen molar-refractivity contribution in [1.29, 1.82) is 0 Å². The largest absolute Gasteiger partial charge is 0.489 e. The lowest BCUT2D eigenvalue weighted by Crippen LogP contribution is -2.53. The number of nitrogens with one attached hydrogen (secondary N) is 1. The van der Waals surface area contributed by atoms with Gasteiger partial charge in [0.1, 0.15) is 24.3 Å². The molecule has 2 aliphatic rings. The summed E-state index contributed by atoms with van der Waals surface area (Å²) in [5.74, 6) is 1.38. The molecule has 0 spiro atoms. The van der Waals surface area contributed by atoms with E-state index in [-0.39, 0.29) is 18.0 Å². The number of aliphatic imine (C=N–C) groups is 1. The minimum Gasteiger partial charge on any atom is -0.489 e. The lowest BCUT2D eigenvalue weighted by Gasteiger charge is -2.37. The number of rotatable bonds is 6. The fourth-order valence-corrected chi connectivity index (χ4v) is 4.00. The average Bonchev–Trinajstić information content (AvgIpc) is 3.34. The Morgan fingerprint density at radius 2 is 1.97 bits per heavy atom. The molecule has 166 valence electrons. The monoisotopic (exact) mass is 427 g/mol. The Hall–Kier alpha value is -2.64. The second kappa shape index (κ2) is 10.6. The number of ether oxygens (including phenoxy) is 3. The quantitative estimate of drug-likeness (QED) is 0.566. The van der Waals surface area contributed by atoms with E-state index in [1.165, 1.54) is 12.1 Å². The third-order valence-electron chi connectivity index (χ3n) is 5.65. The molecule has 2 fully saturated rings. The molecule has 2 heterocycles. The molecule has 0 saturated carbocycles. The molecule has 0 radical (unpaired) electrons. The van der Waals surface area contributed by atoms with Crippen LogP contribution in [-0.2, 0) is 22.6 Å². The summed E-state index contributed by atoms with van der Waals surface area (Å²) in [4.78, 5) is 6.70. The van der Waals surface area contributed by atoms with Crippen molar-refractivity contribution in [3.8, 4) is 5.75 Å². The van der Waals surface area contributed by atoms with Crippen LogP contribution in [0.15, 0.2) is 53.5 Å². The molecule has 2 unspecified atom stereocenters. The summed E-state index contributed by atoms with van der Waals surface area (Å²) in [6.07, 6.45) is 2.47. The minimum absolute atomic E-state index is 0.101. The van der Waals surface area contributed by atoms with E-state index in [2.05, 4.69) is 15.2 Å². The molecule has 2 atom stereocenters. The van der Waals surface area contributed by atoms with Gasteiger partial charge in [0.2, 0.25) is 0 Å². The Labute approximate surface area is 183 Å². The van der Waals surface area contributed by atoms with Crippen LogP contribution in [-0.4, -0.2) is 56.4 Å². The van der Waals surface area contributed by atoms with Crippen molar-refractivity contribution in [3.05, 3.63) is 65.5 Å². The van der Waals surface area contributed by atoms with Crippen molar-refractivity contribution in [2.75, 3.05) is 33.4 Å². The second-order valence-electron chi connectivity index (χ2n) is 7.87. The van der Waals surface area contributed by atoms with E-state index in [1.807, 2.05) is 37.4 Å². The normalized spacial score (nSPS) is 21.9. The first-order chi connectivity index (χ1) is 15.2. The topological polar surface area (TPSA) is 55.3 Å². The third-order valence-corrected chi connectivity index (χ3v) is 5.65. The number of benzene rings is 2. The van der Waals surface area contributed by atoms with Crippen LogP contribution >= 0.6 is 0 Å². The van der Waals surface area contributed by atoms with Gasteiger partial charge in [-0.2, -0.15) is 0 Å². The third kappa shape index (κ3) is 5.95. The summed E-state index contributed by atoms with van der Waals surface area (Å²) >= 11 is 0. The fourth-order valence-electron chi connectivity index (χ4n) is 4.00. The molecule has 1 N–H and O–H groups in total. The first-order valence-electron chi connectivity index (χ1n) is 10.9. The zero-order chi connectivity index (χ0) is 21.5. The molecule has 0 bridgehead atoms. The number of hydrogen-bond acceptors (Lipinski definition) is 4. The van der Waals surface area contributed by atoms with Crippen LogP contribution in [0.1, 0.15) is 24.0 Å². The van der Waals surface area contributed by atoms with Gasteiger partial charge >= 0.3 is 0 Å². The SMILES string of the molecule is CN=C(NCc1ccc(OCc2cccc(F)c2)cc1)N1CCOC(C2CCCO2)C1. The van der Waals surface area contributed by atoms with E-state index >= 15 is 0 Å². The molecular weight excluding hydrogens is 397 g/mol. The van der Waals surface area contributed by atoms with Crippen LogP contribution in [0.3, 0.4) is 0 Å². The lowest BCUT2D eigenvalue weighted by atomic mass is 10.1. The molecule has 7 heteroatoms. The first-order valence-corrected chi connectivity index (χ1v) is 10.9. The second-order valence-corrected chi connectivity index (χ2v) is 7.87. The predicted molar refractivity (Wildman–Crippen MR) is 118 cm³/mol. The maximum absolute atomic E-state index is 13.3. The van der Waals surface area contributed by atoms with Gasteiger partial charge in [-0.15, -0.1) is 0 Å². The van der Waals surface area contributed by atoms with Gasteiger partial charge in [0.05, 0.1) is 12.7 Å². The van der Waals surface area contributed by atoms with Crippen LogP contribution in [0.2, 0.25) is 0 Å². The molecule has 2 aliphatic heterocycles. The van der Waals surface area contributed by atoms with Gasteiger partial charge in [0.25, 0.3) is 0 Å². The van der Waals surface area contributed by atoms with E-state index in [9.17, 15) is 4.39 Å². The van der Waals surface area contributed by atoms with E-state index in [4.69, 9.17) is 14.2 Å². The minimum atomic E-state index is -0.252. The fraction of sp³-hybridized carbons (Fsp3) is 0.458. The van der Waals surface area contributed by atoms with E-state index in [0.29, 0.717) is 19.8 Å². The number of hydrogen-bond donors (Lipinski definition) is 1. The smallest absolute Gasteiger partial charge is 0.194 e. The van der Waals surface area contributed by atoms with Gasteiger partial charge in [-0.1, -0.05) is 24.3 Å². The van der Waals surface area contributed by atoms with Crippen LogP contribution in [0.4, 0.5) is 4.39 Å². The Morgan fingerprint density at radius 3 is 2.71 bits per heavy atom. The molecule has 2 saturated heterocycles. The number of morpholine rings is 1. The summed E-state index contributed by atoms with van der Waals surface area (Å²) in [5.41, 5.74) is 1.93. The van der Waals surface area contributed by atoms with E-state index in [1.54, 1.807) is 6.07 Å². The molecule has 2 aromatic rings. The zero-order valence-electron chi connectivity index (χ0n) is 17.9. The molecule has 0 aliphatic carbocycles. The predicted octanol–water partition coefficient (Wildman–Crippen LogP) is 3.36. The van der Waals surface area contributed by atoms with Gasteiger partial charge < -0.3 is 24.4 Å². The Balaban J connectivity index is 1.26. The number of halogens is 1. The first kappa shape index (κ1) is 21.6. The highest BCUT2D eigenvalue weighted by Crippen LogP contribution is 2.21. The molecule has 0 aromatic heterocycles. The summed E-state index contributed by atoms with van der Waals surface area (Å²) in [5, 5.41) is 3.45. The zero-order valence-corrected chi connectivity index (χ0v) is 17.9. The Bertz CT molecular complexity index is 869. The van der Waals surface area contributed by atoms with Crippen LogP contribution in [0.5, 0.6) is 5.75 Å². The standard InChI is InChI=1S/C24H30FN3O3/c1-26-24(28-11-13-30-23(16-28)22-6-3-12-29-22)27-15-18-7-9-21(10-8-18)31-17-19-4-2-5-20(25)14-19/h2,4-5,7-10,14,22-23H,3,6,11-13,15-17H2,1H3,(H,26,27). The van der Waals surface area contributed by atoms with Crippen molar-refractivity contribution >= 4 is 5.96 Å². The van der Waals surface area contributed by atoms with Crippen LogP contribution in [0.25, 0.3) is 0 Å². The van der Waals surface area contributed by atoms with Crippen molar-refractivity contribution in [1.82, 2.24) is 10.2 Å².